The monoisotopic (exact) mass is 391 g/mol. The molecule has 0 aliphatic carbocycles. The lowest BCUT2D eigenvalue weighted by Gasteiger charge is -2.12. The second kappa shape index (κ2) is 7.40. The molecule has 2 aromatic carbocycles. The van der Waals surface area contributed by atoms with Crippen LogP contribution >= 0.6 is 23.2 Å². The summed E-state index contributed by atoms with van der Waals surface area (Å²) >= 11 is 12.0. The molecule has 0 atom stereocenters. The van der Waals surface area contributed by atoms with E-state index in [0.717, 1.165) is 10.9 Å². The first-order chi connectivity index (χ1) is 12.4. The predicted molar refractivity (Wildman–Crippen MR) is 103 cm³/mol. The lowest BCUT2D eigenvalue weighted by molar-refractivity contribution is -0.118. The van der Waals surface area contributed by atoms with E-state index in [9.17, 15) is 9.59 Å². The number of halogens is 2. The van der Waals surface area contributed by atoms with Crippen molar-refractivity contribution >= 4 is 45.8 Å². The van der Waals surface area contributed by atoms with E-state index in [-0.39, 0.29) is 17.5 Å². The summed E-state index contributed by atoms with van der Waals surface area (Å²) in [6.45, 7) is 3.37. The van der Waals surface area contributed by atoms with E-state index in [1.165, 1.54) is 6.07 Å². The summed E-state index contributed by atoms with van der Waals surface area (Å²) < 4.78 is 10.9. The second-order valence-electron chi connectivity index (χ2n) is 5.75. The Bertz CT molecular complexity index is 1060. The number of nitrogens with one attached hydrogen (secondary N) is 1. The molecule has 0 aliphatic rings. The van der Waals surface area contributed by atoms with Crippen LogP contribution in [-0.4, -0.2) is 12.5 Å². The van der Waals surface area contributed by atoms with E-state index in [1.807, 2.05) is 6.92 Å². The lowest BCUT2D eigenvalue weighted by Crippen LogP contribution is -2.20. The van der Waals surface area contributed by atoms with E-state index < -0.39 is 5.63 Å². The van der Waals surface area contributed by atoms with Gasteiger partial charge in [-0.3, -0.25) is 4.79 Å². The van der Waals surface area contributed by atoms with Crippen LogP contribution in [0, 0.1) is 13.8 Å². The highest BCUT2D eigenvalue weighted by molar-refractivity contribution is 6.44. The molecule has 0 saturated carbocycles. The Kier molecular flexibility index (Phi) is 5.20. The van der Waals surface area contributed by atoms with Gasteiger partial charge in [-0.2, -0.15) is 0 Å². The topological polar surface area (TPSA) is 68.5 Å². The van der Waals surface area contributed by atoms with Crippen molar-refractivity contribution in [2.24, 2.45) is 0 Å². The molecule has 0 saturated heterocycles. The third-order valence-electron chi connectivity index (χ3n) is 3.90. The Morgan fingerprint density at radius 3 is 2.73 bits per heavy atom. The van der Waals surface area contributed by atoms with Crippen LogP contribution < -0.4 is 15.7 Å². The number of anilines is 1. The Hall–Kier alpha value is -2.50. The fourth-order valence-corrected chi connectivity index (χ4v) is 2.93. The third kappa shape index (κ3) is 3.69. The standard InChI is InChI=1S/C19H15Cl2NO4/c1-10-8-17(24)26-19-11(2)15(7-6-12(10)19)25-9-16(23)22-14-5-3-4-13(20)18(14)21/h3-8H,9H2,1-2H3,(H,22,23). The molecule has 1 heterocycles. The van der Waals surface area contributed by atoms with Gasteiger partial charge < -0.3 is 14.5 Å². The predicted octanol–water partition coefficient (Wildman–Crippen LogP) is 4.73. The van der Waals surface area contributed by atoms with E-state index in [0.29, 0.717) is 27.6 Å². The van der Waals surface area contributed by atoms with E-state index in [1.54, 1.807) is 37.3 Å². The number of hydrogen-bond acceptors (Lipinski definition) is 4. The van der Waals surface area contributed by atoms with Crippen molar-refractivity contribution < 1.29 is 13.9 Å². The molecule has 134 valence electrons. The van der Waals surface area contributed by atoms with E-state index in [4.69, 9.17) is 32.4 Å². The van der Waals surface area contributed by atoms with Crippen LogP contribution in [-0.2, 0) is 4.79 Å². The zero-order chi connectivity index (χ0) is 18.8. The number of benzene rings is 2. The zero-order valence-corrected chi connectivity index (χ0v) is 15.6. The second-order valence-corrected chi connectivity index (χ2v) is 6.54. The van der Waals surface area contributed by atoms with Gasteiger partial charge in [0, 0.05) is 17.0 Å². The minimum absolute atomic E-state index is 0.231. The number of ether oxygens (including phenoxy) is 1. The van der Waals surface area contributed by atoms with Gasteiger partial charge in [-0.25, -0.2) is 4.79 Å². The first-order valence-corrected chi connectivity index (χ1v) is 8.53. The van der Waals surface area contributed by atoms with Gasteiger partial charge in [-0.1, -0.05) is 29.3 Å². The maximum atomic E-state index is 12.1. The van der Waals surface area contributed by atoms with Crippen LogP contribution in [0.5, 0.6) is 5.75 Å². The fraction of sp³-hybridized carbons (Fsp3) is 0.158. The molecule has 0 radical (unpaired) electrons. The van der Waals surface area contributed by atoms with E-state index >= 15 is 0 Å². The Balaban J connectivity index is 1.77. The molecule has 0 unspecified atom stereocenters. The van der Waals surface area contributed by atoms with Crippen molar-refractivity contribution in [2.75, 3.05) is 11.9 Å². The van der Waals surface area contributed by atoms with Crippen LogP contribution in [0.2, 0.25) is 10.0 Å². The summed E-state index contributed by atoms with van der Waals surface area (Å²) in [4.78, 5) is 23.7. The van der Waals surface area contributed by atoms with Gasteiger partial charge in [0.2, 0.25) is 0 Å². The number of hydrogen-bond donors (Lipinski definition) is 1. The van der Waals surface area contributed by atoms with Crippen molar-refractivity contribution in [2.45, 2.75) is 13.8 Å². The van der Waals surface area contributed by atoms with Crippen molar-refractivity contribution in [3.63, 3.8) is 0 Å². The van der Waals surface area contributed by atoms with Crippen LogP contribution in [0.15, 0.2) is 45.6 Å². The first-order valence-electron chi connectivity index (χ1n) is 7.77. The molecule has 7 heteroatoms. The molecule has 0 bridgehead atoms. The summed E-state index contributed by atoms with van der Waals surface area (Å²) in [7, 11) is 0. The molecule has 3 rings (SSSR count). The van der Waals surface area contributed by atoms with Gasteiger partial charge in [0.1, 0.15) is 11.3 Å². The van der Waals surface area contributed by atoms with Crippen molar-refractivity contribution in [3.8, 4) is 5.75 Å². The number of aryl methyl sites for hydroxylation is 2. The third-order valence-corrected chi connectivity index (χ3v) is 4.72. The maximum absolute atomic E-state index is 12.1. The summed E-state index contributed by atoms with van der Waals surface area (Å²) in [5.74, 6) is 0.0675. The summed E-state index contributed by atoms with van der Waals surface area (Å²) in [5, 5.41) is 4.08. The van der Waals surface area contributed by atoms with Crippen LogP contribution in [0.25, 0.3) is 11.0 Å². The highest BCUT2D eigenvalue weighted by Crippen LogP contribution is 2.30. The maximum Gasteiger partial charge on any atom is 0.336 e. The molecule has 5 nitrogen and oxygen atoms in total. The molecule has 0 spiro atoms. The molecule has 26 heavy (non-hydrogen) atoms. The average molecular weight is 392 g/mol. The molecule has 0 aliphatic heterocycles. The van der Waals surface area contributed by atoms with Gasteiger partial charge in [-0.15, -0.1) is 0 Å². The minimum Gasteiger partial charge on any atom is -0.483 e. The molecule has 1 aromatic heterocycles. The number of rotatable bonds is 4. The zero-order valence-electron chi connectivity index (χ0n) is 14.1. The quantitative estimate of drug-likeness (QED) is 0.652. The Morgan fingerprint density at radius 1 is 1.19 bits per heavy atom. The first kappa shape index (κ1) is 18.3. The van der Waals surface area contributed by atoms with Crippen LogP contribution in [0.4, 0.5) is 5.69 Å². The molecule has 3 aromatic rings. The number of carbonyl (C=O) groups excluding carboxylic acids is 1. The van der Waals surface area contributed by atoms with Gasteiger partial charge >= 0.3 is 5.63 Å². The van der Waals surface area contributed by atoms with Crippen molar-refractivity contribution in [3.05, 3.63) is 68.0 Å². The smallest absolute Gasteiger partial charge is 0.336 e. The number of amides is 1. The fourth-order valence-electron chi connectivity index (χ4n) is 2.59. The van der Waals surface area contributed by atoms with Gasteiger partial charge in [0.05, 0.1) is 15.7 Å². The molecule has 0 fully saturated rings. The van der Waals surface area contributed by atoms with Crippen molar-refractivity contribution in [1.82, 2.24) is 0 Å². The highest BCUT2D eigenvalue weighted by atomic mass is 35.5. The molecule has 1 N–H and O–H groups in total. The average Bonchev–Trinajstić information content (AvgIpc) is 2.59. The number of fused-ring (bicyclic) bond motifs is 1. The normalized spacial score (nSPS) is 10.8. The van der Waals surface area contributed by atoms with Gasteiger partial charge in [-0.05, 0) is 43.7 Å². The van der Waals surface area contributed by atoms with Crippen molar-refractivity contribution in [1.29, 1.82) is 0 Å². The van der Waals surface area contributed by atoms with E-state index in [2.05, 4.69) is 5.32 Å². The van der Waals surface area contributed by atoms with Gasteiger partial charge in [0.25, 0.3) is 5.91 Å². The SMILES string of the molecule is Cc1cc(=O)oc2c(C)c(OCC(=O)Nc3cccc(Cl)c3Cl)ccc12. The minimum atomic E-state index is -0.427. The van der Waals surface area contributed by atoms with Crippen LogP contribution in [0.1, 0.15) is 11.1 Å². The molecular weight excluding hydrogens is 377 g/mol. The summed E-state index contributed by atoms with van der Waals surface area (Å²) in [5.41, 5.74) is 1.90. The largest absolute Gasteiger partial charge is 0.483 e. The Labute approximate surface area is 159 Å². The molecule has 1 amide bonds. The highest BCUT2D eigenvalue weighted by Gasteiger charge is 2.13. The lowest BCUT2D eigenvalue weighted by atomic mass is 10.1. The summed E-state index contributed by atoms with van der Waals surface area (Å²) in [6.07, 6.45) is 0. The molecular formula is C19H15Cl2NO4. The Morgan fingerprint density at radius 2 is 1.96 bits per heavy atom. The van der Waals surface area contributed by atoms with Crippen LogP contribution in [0.3, 0.4) is 0 Å². The number of carbonyl (C=O) groups is 1. The summed E-state index contributed by atoms with van der Waals surface area (Å²) in [6, 6.07) is 9.92. The van der Waals surface area contributed by atoms with Gasteiger partial charge in [0.15, 0.2) is 6.61 Å².